The van der Waals surface area contributed by atoms with Gasteiger partial charge in [0, 0.05) is 31.0 Å². The molecular formula is C36H35N3O7. The number of esters is 1. The normalized spacial score (nSPS) is 12.2. The average Bonchev–Trinajstić information content (AvgIpc) is 3.41. The van der Waals surface area contributed by atoms with Crippen LogP contribution in [-0.4, -0.2) is 56.9 Å². The first kappa shape index (κ1) is 31.8. The Labute approximate surface area is 267 Å². The van der Waals surface area contributed by atoms with E-state index in [4.69, 9.17) is 14.2 Å². The zero-order valence-corrected chi connectivity index (χ0v) is 25.4. The fourth-order valence-corrected chi connectivity index (χ4v) is 5.36. The molecule has 0 aromatic heterocycles. The van der Waals surface area contributed by atoms with E-state index < -0.39 is 24.2 Å². The van der Waals surface area contributed by atoms with E-state index in [0.29, 0.717) is 11.1 Å². The highest BCUT2D eigenvalue weighted by molar-refractivity contribution is 5.94. The molecule has 4 aromatic carbocycles. The van der Waals surface area contributed by atoms with Crippen molar-refractivity contribution in [1.29, 1.82) is 0 Å². The molecule has 1 aliphatic carbocycles. The maximum atomic E-state index is 12.8. The second kappa shape index (κ2) is 15.4. The number of carbonyl (C=O) groups is 4. The van der Waals surface area contributed by atoms with Gasteiger partial charge >= 0.3 is 18.2 Å². The number of ether oxygens (including phenoxy) is 3. The summed E-state index contributed by atoms with van der Waals surface area (Å²) in [7, 11) is 1.25. The number of hydrogen-bond donors (Lipinski definition) is 3. The van der Waals surface area contributed by atoms with Crippen LogP contribution in [0.3, 0.4) is 0 Å². The number of benzene rings is 4. The summed E-state index contributed by atoms with van der Waals surface area (Å²) in [6, 6.07) is 31.0. The molecule has 3 N–H and O–H groups in total. The predicted molar refractivity (Wildman–Crippen MR) is 171 cm³/mol. The van der Waals surface area contributed by atoms with E-state index in [0.717, 1.165) is 27.8 Å². The van der Waals surface area contributed by atoms with Crippen LogP contribution in [0.4, 0.5) is 9.59 Å². The summed E-state index contributed by atoms with van der Waals surface area (Å²) in [6.45, 7) is 0.667. The molecule has 10 heteroatoms. The van der Waals surface area contributed by atoms with E-state index in [2.05, 4.69) is 28.1 Å². The van der Waals surface area contributed by atoms with E-state index in [9.17, 15) is 19.2 Å². The Kier molecular flexibility index (Phi) is 10.6. The fourth-order valence-electron chi connectivity index (χ4n) is 5.36. The molecule has 0 unspecified atom stereocenters. The fraction of sp³-hybridized carbons (Fsp3) is 0.222. The van der Waals surface area contributed by atoms with Gasteiger partial charge in [0.05, 0.1) is 7.11 Å². The van der Waals surface area contributed by atoms with Crippen LogP contribution < -0.4 is 16.0 Å². The van der Waals surface area contributed by atoms with Crippen molar-refractivity contribution in [2.75, 3.05) is 26.8 Å². The predicted octanol–water partition coefficient (Wildman–Crippen LogP) is 4.97. The second-order valence-corrected chi connectivity index (χ2v) is 10.7. The number of rotatable bonds is 12. The van der Waals surface area contributed by atoms with Gasteiger partial charge in [-0.25, -0.2) is 14.4 Å². The van der Waals surface area contributed by atoms with Gasteiger partial charge in [0.1, 0.15) is 19.3 Å². The molecule has 0 radical (unpaired) electrons. The van der Waals surface area contributed by atoms with Crippen LogP contribution in [0.15, 0.2) is 103 Å². The van der Waals surface area contributed by atoms with Crippen LogP contribution in [0.1, 0.15) is 38.5 Å². The summed E-state index contributed by atoms with van der Waals surface area (Å²) in [5, 5.41) is 7.95. The van der Waals surface area contributed by atoms with Crippen molar-refractivity contribution >= 4 is 24.1 Å². The quantitative estimate of drug-likeness (QED) is 0.116. The Hall–Kier alpha value is -5.64. The van der Waals surface area contributed by atoms with Crippen LogP contribution >= 0.6 is 0 Å². The molecule has 1 atom stereocenters. The Morgan fingerprint density at radius 2 is 1.28 bits per heavy atom. The Balaban J connectivity index is 1.08. The highest BCUT2D eigenvalue weighted by Gasteiger charge is 2.30. The smallest absolute Gasteiger partial charge is 0.407 e. The van der Waals surface area contributed by atoms with Gasteiger partial charge < -0.3 is 30.2 Å². The van der Waals surface area contributed by atoms with Gasteiger partial charge in [-0.1, -0.05) is 91.0 Å². The lowest BCUT2D eigenvalue weighted by atomic mass is 9.98. The Morgan fingerprint density at radius 1 is 0.674 bits per heavy atom. The number of fused-ring (bicyclic) bond motifs is 3. The monoisotopic (exact) mass is 621 g/mol. The zero-order valence-electron chi connectivity index (χ0n) is 25.4. The maximum Gasteiger partial charge on any atom is 0.407 e. The molecule has 10 nitrogen and oxygen atoms in total. The van der Waals surface area contributed by atoms with E-state index >= 15 is 0 Å². The second-order valence-electron chi connectivity index (χ2n) is 10.7. The SMILES string of the molecule is COC(=O)[C@H](Cc1ccc(C(=O)NCCNC(=O)OCc2ccccc2)cc1)NC(=O)OCC1c2ccccc2-c2ccccc21. The summed E-state index contributed by atoms with van der Waals surface area (Å²) in [4.78, 5) is 49.8. The topological polar surface area (TPSA) is 132 Å². The van der Waals surface area contributed by atoms with Crippen molar-refractivity contribution < 1.29 is 33.4 Å². The molecule has 4 aromatic rings. The molecule has 0 fully saturated rings. The van der Waals surface area contributed by atoms with Crippen LogP contribution in [0.2, 0.25) is 0 Å². The molecule has 0 saturated heterocycles. The summed E-state index contributed by atoms with van der Waals surface area (Å²) in [5.74, 6) is -1.06. The van der Waals surface area contributed by atoms with Crippen LogP contribution in [0, 0.1) is 0 Å². The van der Waals surface area contributed by atoms with E-state index in [1.807, 2.05) is 66.7 Å². The van der Waals surface area contributed by atoms with Crippen LogP contribution in [0.5, 0.6) is 0 Å². The van der Waals surface area contributed by atoms with Crippen molar-refractivity contribution in [3.63, 3.8) is 0 Å². The maximum absolute atomic E-state index is 12.8. The van der Waals surface area contributed by atoms with E-state index in [-0.39, 0.29) is 44.5 Å². The molecule has 0 heterocycles. The van der Waals surface area contributed by atoms with Gasteiger partial charge in [-0.05, 0) is 45.5 Å². The largest absolute Gasteiger partial charge is 0.467 e. The number of nitrogens with one attached hydrogen (secondary N) is 3. The minimum atomic E-state index is -0.993. The molecule has 46 heavy (non-hydrogen) atoms. The van der Waals surface area contributed by atoms with Crippen LogP contribution in [0.25, 0.3) is 11.1 Å². The van der Waals surface area contributed by atoms with Crippen molar-refractivity contribution in [3.05, 3.63) is 131 Å². The van der Waals surface area contributed by atoms with Crippen molar-refractivity contribution in [1.82, 2.24) is 16.0 Å². The van der Waals surface area contributed by atoms with Gasteiger partial charge in [0.25, 0.3) is 5.91 Å². The lowest BCUT2D eigenvalue weighted by Crippen LogP contribution is -2.43. The third-order valence-electron chi connectivity index (χ3n) is 7.67. The van der Waals surface area contributed by atoms with Crippen molar-refractivity contribution in [2.45, 2.75) is 25.0 Å². The third kappa shape index (κ3) is 8.09. The number of hydrogen-bond acceptors (Lipinski definition) is 7. The lowest BCUT2D eigenvalue weighted by Gasteiger charge is -2.19. The Bertz CT molecular complexity index is 1630. The van der Waals surface area contributed by atoms with Crippen molar-refractivity contribution in [3.8, 4) is 11.1 Å². The lowest BCUT2D eigenvalue weighted by molar-refractivity contribution is -0.143. The standard InChI is InChI=1S/C36H35N3O7/c1-44-34(41)32(39-36(43)46-23-31-29-13-7-5-11-27(29)28-12-6-8-14-30(28)31)21-24-15-17-26(18-16-24)33(40)37-19-20-38-35(42)45-22-25-9-3-2-4-10-25/h2-18,31-32H,19-23H2,1H3,(H,37,40)(H,38,42)(H,39,43)/t32-/m0/s1. The molecule has 0 saturated carbocycles. The van der Waals surface area contributed by atoms with Gasteiger partial charge in [0.15, 0.2) is 0 Å². The highest BCUT2D eigenvalue weighted by Crippen LogP contribution is 2.44. The molecule has 3 amide bonds. The molecule has 0 bridgehead atoms. The zero-order chi connectivity index (χ0) is 32.3. The summed E-state index contributed by atoms with van der Waals surface area (Å²) in [5.41, 5.74) is 6.38. The third-order valence-corrected chi connectivity index (χ3v) is 7.67. The molecule has 0 aliphatic heterocycles. The van der Waals surface area contributed by atoms with Crippen LogP contribution in [-0.2, 0) is 32.0 Å². The molecule has 5 rings (SSSR count). The number of methoxy groups -OCH3 is 1. The number of amides is 3. The first-order chi connectivity index (χ1) is 22.4. The highest BCUT2D eigenvalue weighted by atomic mass is 16.6. The van der Waals surface area contributed by atoms with Crippen molar-refractivity contribution in [2.24, 2.45) is 0 Å². The number of alkyl carbamates (subject to hydrolysis) is 2. The molecule has 0 spiro atoms. The molecule has 1 aliphatic rings. The van der Waals surface area contributed by atoms with Gasteiger partial charge in [-0.15, -0.1) is 0 Å². The van der Waals surface area contributed by atoms with Gasteiger partial charge in [-0.3, -0.25) is 4.79 Å². The number of carbonyl (C=O) groups excluding carboxylic acids is 4. The summed E-state index contributed by atoms with van der Waals surface area (Å²) >= 11 is 0. The Morgan fingerprint density at radius 3 is 1.93 bits per heavy atom. The molecular weight excluding hydrogens is 586 g/mol. The minimum Gasteiger partial charge on any atom is -0.467 e. The summed E-state index contributed by atoms with van der Waals surface area (Å²) in [6.07, 6.45) is -1.17. The minimum absolute atomic E-state index is 0.113. The van der Waals surface area contributed by atoms with Gasteiger partial charge in [-0.2, -0.15) is 0 Å². The summed E-state index contributed by atoms with van der Waals surface area (Å²) < 4.78 is 15.7. The van der Waals surface area contributed by atoms with E-state index in [1.54, 1.807) is 24.3 Å². The first-order valence-electron chi connectivity index (χ1n) is 14.9. The molecule has 236 valence electrons. The van der Waals surface area contributed by atoms with Gasteiger partial charge in [0.2, 0.25) is 0 Å². The van der Waals surface area contributed by atoms with E-state index in [1.165, 1.54) is 7.11 Å². The average molecular weight is 622 g/mol. The first-order valence-corrected chi connectivity index (χ1v) is 14.9.